The number of nitrogens with zero attached hydrogens (tertiary/aromatic N) is 1. The van der Waals surface area contributed by atoms with E-state index in [-0.39, 0.29) is 22.3 Å². The summed E-state index contributed by atoms with van der Waals surface area (Å²) in [7, 11) is -3.31. The van der Waals surface area contributed by atoms with Crippen molar-refractivity contribution in [1.82, 2.24) is 0 Å². The number of nitrogens with one attached hydrogen (secondary N) is 1. The van der Waals surface area contributed by atoms with Gasteiger partial charge in [0, 0.05) is 40.6 Å². The van der Waals surface area contributed by atoms with Crippen LogP contribution in [-0.2, 0) is 9.59 Å². The van der Waals surface area contributed by atoms with E-state index in [2.05, 4.69) is 5.32 Å². The second-order valence-corrected chi connectivity index (χ2v) is 13.6. The summed E-state index contributed by atoms with van der Waals surface area (Å²) in [5.41, 5.74) is 1.05. The minimum Gasteiger partial charge on any atom is -0.476 e. The van der Waals surface area contributed by atoms with Crippen molar-refractivity contribution in [3.63, 3.8) is 0 Å². The van der Waals surface area contributed by atoms with Crippen molar-refractivity contribution >= 4 is 51.3 Å². The molecule has 0 saturated heterocycles. The summed E-state index contributed by atoms with van der Waals surface area (Å²) < 4.78 is 42.0. The number of halogens is 1. The molecule has 1 aliphatic heterocycles. The maximum Gasteiger partial charge on any atom is 0.368 e. The van der Waals surface area contributed by atoms with E-state index in [1.807, 2.05) is 63.8 Å². The highest BCUT2D eigenvalue weighted by Crippen LogP contribution is 2.61. The third-order valence-corrected chi connectivity index (χ3v) is 9.81. The normalized spacial score (nSPS) is 17.6. The zero-order valence-corrected chi connectivity index (χ0v) is 24.7. The Kier molecular flexibility index (Phi) is 9.31. The van der Waals surface area contributed by atoms with Crippen LogP contribution >= 0.6 is 22.4 Å². The number of fused-ring (bicyclic) bond motifs is 1. The molecule has 39 heavy (non-hydrogen) atoms. The van der Waals surface area contributed by atoms with Gasteiger partial charge < -0.3 is 20.1 Å². The number of thioether (sulfide) groups is 1. The highest BCUT2D eigenvalue weighted by molar-refractivity contribution is 8.24. The Hall–Kier alpha value is -2.73. The summed E-state index contributed by atoms with van der Waals surface area (Å²) in [6.45, 7) is 10.1. The number of rotatable bonds is 8. The molecule has 0 radical (unpaired) electrons. The van der Waals surface area contributed by atoms with Gasteiger partial charge in [0.15, 0.2) is 0 Å². The van der Waals surface area contributed by atoms with Crippen LogP contribution < -0.4 is 15.0 Å². The summed E-state index contributed by atoms with van der Waals surface area (Å²) in [6.07, 6.45) is 3.70. The number of ether oxygens (including phenoxy) is 1. The quantitative estimate of drug-likeness (QED) is 0.142. The van der Waals surface area contributed by atoms with E-state index < -0.39 is 33.2 Å². The molecule has 0 fully saturated rings. The molecular formula is C28H37FN2O6S2. The molecule has 0 aromatic heterocycles. The molecule has 8 nitrogen and oxygen atoms in total. The predicted molar refractivity (Wildman–Crippen MR) is 156 cm³/mol. The number of hydrogen-bond acceptors (Lipinski definition) is 7. The van der Waals surface area contributed by atoms with Gasteiger partial charge in [-0.05, 0) is 49.4 Å². The molecule has 1 aliphatic rings. The lowest BCUT2D eigenvalue weighted by molar-refractivity contribution is -0.134. The molecule has 214 valence electrons. The van der Waals surface area contributed by atoms with Gasteiger partial charge in [-0.15, -0.1) is 11.8 Å². The number of carboxylic acids is 1. The fourth-order valence-corrected chi connectivity index (χ4v) is 7.19. The Morgan fingerprint density at radius 2 is 1.79 bits per heavy atom. The molecule has 4 N–H and O–H groups in total. The van der Waals surface area contributed by atoms with Crippen LogP contribution in [-0.4, -0.2) is 44.6 Å². The van der Waals surface area contributed by atoms with Crippen LogP contribution in [0.4, 0.5) is 21.5 Å². The van der Waals surface area contributed by atoms with Gasteiger partial charge in [0.1, 0.15) is 12.0 Å². The third-order valence-electron chi connectivity index (χ3n) is 7.00. The summed E-state index contributed by atoms with van der Waals surface area (Å²) >= 11 is 1.30. The van der Waals surface area contributed by atoms with Gasteiger partial charge in [-0.25, -0.2) is 4.79 Å². The van der Waals surface area contributed by atoms with Gasteiger partial charge in [0.25, 0.3) is 0 Å². The van der Waals surface area contributed by atoms with Crippen molar-refractivity contribution in [2.75, 3.05) is 28.8 Å². The van der Waals surface area contributed by atoms with Crippen molar-refractivity contribution in [2.24, 2.45) is 10.8 Å². The van der Waals surface area contributed by atoms with E-state index in [1.165, 1.54) is 17.8 Å². The molecule has 2 aromatic rings. The number of anilines is 3. The van der Waals surface area contributed by atoms with Crippen LogP contribution in [0.5, 0.6) is 5.75 Å². The number of aliphatic carboxylic acids is 1. The van der Waals surface area contributed by atoms with E-state index in [4.69, 9.17) is 9.84 Å². The second-order valence-electron chi connectivity index (χ2n) is 10.7. The zero-order chi connectivity index (χ0) is 29.2. The first kappa shape index (κ1) is 30.8. The molecule has 0 saturated carbocycles. The Labute approximate surface area is 235 Å². The first-order chi connectivity index (χ1) is 18.2. The van der Waals surface area contributed by atoms with Crippen molar-refractivity contribution < 1.29 is 32.9 Å². The molecule has 1 amide bonds. The van der Waals surface area contributed by atoms with Gasteiger partial charge in [-0.3, -0.25) is 13.9 Å². The van der Waals surface area contributed by atoms with Gasteiger partial charge in [0.2, 0.25) is 11.7 Å². The zero-order valence-electron chi connectivity index (χ0n) is 23.1. The Morgan fingerprint density at radius 1 is 1.18 bits per heavy atom. The van der Waals surface area contributed by atoms with Gasteiger partial charge in [-0.2, -0.15) is 15.0 Å². The van der Waals surface area contributed by atoms with E-state index in [0.717, 1.165) is 5.69 Å². The number of hydrogen-bond donors (Lipinski definition) is 4. The molecule has 0 atom stereocenters. The monoisotopic (exact) mass is 580 g/mol. The van der Waals surface area contributed by atoms with Crippen LogP contribution in [0.2, 0.25) is 0 Å². The van der Waals surface area contributed by atoms with Gasteiger partial charge >= 0.3 is 5.97 Å². The average molecular weight is 581 g/mol. The third kappa shape index (κ3) is 6.89. The Balaban J connectivity index is 2.15. The van der Waals surface area contributed by atoms with Crippen molar-refractivity contribution in [2.45, 2.75) is 57.3 Å². The number of carbonyl (C=O) groups excluding carboxylic acids is 1. The first-order valence-corrected chi connectivity index (χ1v) is 15.5. The molecule has 0 aliphatic carbocycles. The highest BCUT2D eigenvalue weighted by atomic mass is 32.3. The summed E-state index contributed by atoms with van der Waals surface area (Å²) in [6, 6.07) is 10.6. The van der Waals surface area contributed by atoms with Crippen LogP contribution in [0.25, 0.3) is 0 Å². The highest BCUT2D eigenvalue weighted by Gasteiger charge is 2.41. The average Bonchev–Trinajstić information content (AvgIpc) is 2.98. The van der Waals surface area contributed by atoms with E-state index in [0.29, 0.717) is 41.9 Å². The Morgan fingerprint density at radius 3 is 2.31 bits per heavy atom. The lowest BCUT2D eigenvalue weighted by atomic mass is 9.83. The number of carbonyl (C=O) groups is 2. The van der Waals surface area contributed by atoms with Crippen LogP contribution in [0.15, 0.2) is 58.3 Å². The van der Waals surface area contributed by atoms with Crippen molar-refractivity contribution in [3.05, 3.63) is 48.5 Å². The number of benzene rings is 2. The maximum atomic E-state index is 13.7. The second kappa shape index (κ2) is 11.8. The predicted octanol–water partition coefficient (Wildman–Crippen LogP) is 7.74. The minimum absolute atomic E-state index is 0.106. The molecule has 3 rings (SSSR count). The van der Waals surface area contributed by atoms with Crippen LogP contribution in [0, 0.1) is 10.8 Å². The molecule has 0 spiro atoms. The number of amides is 1. The summed E-state index contributed by atoms with van der Waals surface area (Å²) in [5.74, 6) is -3.08. The van der Waals surface area contributed by atoms with E-state index in [9.17, 15) is 23.1 Å². The molecule has 1 heterocycles. The minimum atomic E-state index is -3.31. The maximum absolute atomic E-state index is 13.7. The molecule has 0 unspecified atom stereocenters. The van der Waals surface area contributed by atoms with E-state index in [1.54, 1.807) is 12.3 Å². The van der Waals surface area contributed by atoms with Crippen LogP contribution in [0.1, 0.15) is 47.5 Å². The topological polar surface area (TPSA) is 119 Å². The lowest BCUT2D eigenvalue weighted by Crippen LogP contribution is -2.36. The molecule has 2 aromatic carbocycles. The lowest BCUT2D eigenvalue weighted by Gasteiger charge is -2.40. The SMILES string of the molecule is CCC1(CC)CN(c2ccc(NC(=O)C(C)(C)C)cc2)c2cc(SC)c(OC=C(F)C(=O)O)cc2S(O)(O)C1. The summed E-state index contributed by atoms with van der Waals surface area (Å²) in [4.78, 5) is 26.2. The molecule has 11 heteroatoms. The van der Waals surface area contributed by atoms with Crippen molar-refractivity contribution in [3.8, 4) is 5.75 Å². The van der Waals surface area contributed by atoms with Crippen molar-refractivity contribution in [1.29, 1.82) is 0 Å². The smallest absolute Gasteiger partial charge is 0.368 e. The van der Waals surface area contributed by atoms with Gasteiger partial charge in [0.05, 0.1) is 15.5 Å². The standard InChI is InChI=1S/C28H37FN2O6S2/c1-7-28(8-2)16-31(19-11-9-18(10-12-19)30-26(34)27(3,4)5)21-13-23(38-6)22(37-15-20(29)25(32)33)14-24(21)39(35,36)17-28/h9-15,35-36H,7-8,16-17H2,1-6H3,(H,30,34)(H,32,33). The molecule has 0 bridgehead atoms. The van der Waals surface area contributed by atoms with Gasteiger partial charge in [-0.1, -0.05) is 34.6 Å². The fourth-order valence-electron chi connectivity index (χ4n) is 4.34. The fraction of sp³-hybridized carbons (Fsp3) is 0.429. The summed E-state index contributed by atoms with van der Waals surface area (Å²) in [5, 5.41) is 11.8. The number of carboxylic acid groups (broad SMARTS) is 1. The largest absolute Gasteiger partial charge is 0.476 e. The first-order valence-electron chi connectivity index (χ1n) is 12.6. The van der Waals surface area contributed by atoms with E-state index >= 15 is 0 Å². The molecular weight excluding hydrogens is 543 g/mol. The van der Waals surface area contributed by atoms with Crippen LogP contribution in [0.3, 0.4) is 0 Å². The Bertz CT molecular complexity index is 1250.